The number of benzene rings is 1. The summed E-state index contributed by atoms with van der Waals surface area (Å²) in [6.07, 6.45) is 1.29. The molecule has 1 aromatic carbocycles. The van der Waals surface area contributed by atoms with Crippen molar-refractivity contribution in [3.8, 4) is 5.75 Å². The minimum Gasteiger partial charge on any atom is -0.496 e. The number of hydrogen-bond acceptors (Lipinski definition) is 4. The lowest BCUT2D eigenvalue weighted by Crippen LogP contribution is -2.48. The Labute approximate surface area is 116 Å². The van der Waals surface area contributed by atoms with Crippen LogP contribution in [0.1, 0.15) is 24.2 Å². The fourth-order valence-corrected chi connectivity index (χ4v) is 2.75. The molecule has 1 saturated heterocycles. The predicted octanol–water partition coefficient (Wildman–Crippen LogP) is 1.38. The van der Waals surface area contributed by atoms with Crippen LogP contribution in [-0.4, -0.2) is 45.2 Å². The van der Waals surface area contributed by atoms with E-state index in [0.717, 1.165) is 38.3 Å². The molecule has 0 spiro atoms. The summed E-state index contributed by atoms with van der Waals surface area (Å²) in [6.45, 7) is 6.46. The van der Waals surface area contributed by atoms with Gasteiger partial charge in [-0.3, -0.25) is 4.90 Å². The molecule has 0 amide bonds. The van der Waals surface area contributed by atoms with Crippen molar-refractivity contribution in [1.29, 1.82) is 0 Å². The number of ether oxygens (including phenoxy) is 1. The average molecular weight is 263 g/mol. The first kappa shape index (κ1) is 14.3. The molecule has 0 aliphatic carbocycles. The van der Waals surface area contributed by atoms with Crippen LogP contribution in [0.2, 0.25) is 0 Å². The lowest BCUT2D eigenvalue weighted by atomic mass is 10.0. The molecular weight excluding hydrogens is 238 g/mol. The molecule has 1 unspecified atom stereocenters. The number of aryl methyl sites for hydroxylation is 1. The zero-order valence-electron chi connectivity index (χ0n) is 12.2. The fraction of sp³-hybridized carbons (Fsp3) is 0.600. The van der Waals surface area contributed by atoms with E-state index in [4.69, 9.17) is 4.74 Å². The molecule has 1 atom stereocenters. The quantitative estimate of drug-likeness (QED) is 0.841. The third-order valence-corrected chi connectivity index (χ3v) is 3.79. The van der Waals surface area contributed by atoms with E-state index < -0.39 is 0 Å². The van der Waals surface area contributed by atoms with Crippen molar-refractivity contribution in [2.75, 3.05) is 40.3 Å². The highest BCUT2D eigenvalue weighted by atomic mass is 16.5. The SMILES string of the molecule is CCc1cc(C(NC)N2CCNCC2)ccc1OC. The van der Waals surface area contributed by atoms with Gasteiger partial charge < -0.3 is 15.4 Å². The largest absolute Gasteiger partial charge is 0.496 e. The standard InChI is InChI=1S/C15H25N3O/c1-4-12-11-13(5-6-14(12)19-3)15(16-2)18-9-7-17-8-10-18/h5-6,11,15-17H,4,7-10H2,1-3H3. The van der Waals surface area contributed by atoms with Gasteiger partial charge in [0.1, 0.15) is 5.75 Å². The predicted molar refractivity (Wildman–Crippen MR) is 78.6 cm³/mol. The van der Waals surface area contributed by atoms with E-state index in [1.165, 1.54) is 11.1 Å². The van der Waals surface area contributed by atoms with Gasteiger partial charge >= 0.3 is 0 Å². The first-order valence-corrected chi connectivity index (χ1v) is 7.09. The van der Waals surface area contributed by atoms with Crippen LogP contribution < -0.4 is 15.4 Å². The van der Waals surface area contributed by atoms with Crippen molar-refractivity contribution in [2.24, 2.45) is 0 Å². The molecule has 1 aliphatic rings. The highest BCUT2D eigenvalue weighted by molar-refractivity contribution is 5.38. The van der Waals surface area contributed by atoms with E-state index in [0.29, 0.717) is 6.17 Å². The van der Waals surface area contributed by atoms with E-state index in [1.807, 2.05) is 7.05 Å². The van der Waals surface area contributed by atoms with Gasteiger partial charge in [-0.15, -0.1) is 0 Å². The number of piperazine rings is 1. The van der Waals surface area contributed by atoms with Crippen LogP contribution in [0.25, 0.3) is 0 Å². The summed E-state index contributed by atoms with van der Waals surface area (Å²) in [5, 5.41) is 6.83. The summed E-state index contributed by atoms with van der Waals surface area (Å²) in [5.74, 6) is 0.987. The van der Waals surface area contributed by atoms with Gasteiger partial charge in [0.2, 0.25) is 0 Å². The van der Waals surface area contributed by atoms with Gasteiger partial charge in [-0.2, -0.15) is 0 Å². The molecule has 1 aliphatic heterocycles. The molecule has 2 N–H and O–H groups in total. The van der Waals surface area contributed by atoms with E-state index in [-0.39, 0.29) is 0 Å². The van der Waals surface area contributed by atoms with E-state index >= 15 is 0 Å². The lowest BCUT2D eigenvalue weighted by molar-refractivity contribution is 0.153. The average Bonchev–Trinajstić information content (AvgIpc) is 2.49. The number of methoxy groups -OCH3 is 1. The van der Waals surface area contributed by atoms with E-state index in [2.05, 4.69) is 40.7 Å². The number of nitrogens with zero attached hydrogens (tertiary/aromatic N) is 1. The molecule has 0 radical (unpaired) electrons. The second-order valence-electron chi connectivity index (χ2n) is 4.90. The van der Waals surface area contributed by atoms with Crippen LogP contribution in [0, 0.1) is 0 Å². The Morgan fingerprint density at radius 2 is 2.11 bits per heavy atom. The highest BCUT2D eigenvalue weighted by Gasteiger charge is 2.21. The second kappa shape index (κ2) is 6.89. The zero-order chi connectivity index (χ0) is 13.7. The van der Waals surface area contributed by atoms with Crippen LogP contribution in [0.3, 0.4) is 0 Å². The topological polar surface area (TPSA) is 36.5 Å². The molecule has 1 fully saturated rings. The Balaban J connectivity index is 2.22. The summed E-state index contributed by atoms with van der Waals surface area (Å²) >= 11 is 0. The summed E-state index contributed by atoms with van der Waals surface area (Å²) in [7, 11) is 3.77. The Kier molecular flexibility index (Phi) is 5.19. The Bertz CT molecular complexity index is 402. The Hall–Kier alpha value is -1.10. The van der Waals surface area contributed by atoms with E-state index in [1.54, 1.807) is 7.11 Å². The fourth-order valence-electron chi connectivity index (χ4n) is 2.75. The first-order valence-electron chi connectivity index (χ1n) is 7.09. The molecule has 0 saturated carbocycles. The van der Waals surface area contributed by atoms with Crippen LogP contribution in [0.4, 0.5) is 0 Å². The monoisotopic (exact) mass is 263 g/mol. The van der Waals surface area contributed by atoms with Crippen molar-refractivity contribution in [3.63, 3.8) is 0 Å². The molecule has 0 bridgehead atoms. The van der Waals surface area contributed by atoms with Gasteiger partial charge in [0.15, 0.2) is 0 Å². The normalized spacial score (nSPS) is 18.3. The second-order valence-corrected chi connectivity index (χ2v) is 4.90. The summed E-state index contributed by atoms with van der Waals surface area (Å²) < 4.78 is 5.41. The van der Waals surface area contributed by atoms with Crippen LogP contribution >= 0.6 is 0 Å². The molecule has 4 nitrogen and oxygen atoms in total. The number of nitrogens with one attached hydrogen (secondary N) is 2. The third kappa shape index (κ3) is 3.26. The molecule has 1 heterocycles. The van der Waals surface area contributed by atoms with Crippen molar-refractivity contribution >= 4 is 0 Å². The Morgan fingerprint density at radius 3 is 2.68 bits per heavy atom. The molecule has 19 heavy (non-hydrogen) atoms. The molecule has 1 aromatic rings. The van der Waals surface area contributed by atoms with Gasteiger partial charge in [-0.05, 0) is 36.7 Å². The molecule has 0 aromatic heterocycles. The maximum absolute atomic E-state index is 5.41. The van der Waals surface area contributed by atoms with Crippen LogP contribution in [-0.2, 0) is 6.42 Å². The molecule has 106 valence electrons. The summed E-state index contributed by atoms with van der Waals surface area (Å²) in [6, 6.07) is 6.52. The minimum atomic E-state index is 0.290. The highest BCUT2D eigenvalue weighted by Crippen LogP contribution is 2.25. The Morgan fingerprint density at radius 1 is 1.37 bits per heavy atom. The lowest BCUT2D eigenvalue weighted by Gasteiger charge is -2.35. The zero-order valence-corrected chi connectivity index (χ0v) is 12.2. The van der Waals surface area contributed by atoms with Crippen molar-refractivity contribution in [3.05, 3.63) is 29.3 Å². The van der Waals surface area contributed by atoms with Crippen molar-refractivity contribution in [1.82, 2.24) is 15.5 Å². The molecule has 2 rings (SSSR count). The van der Waals surface area contributed by atoms with Gasteiger partial charge in [0.25, 0.3) is 0 Å². The number of hydrogen-bond donors (Lipinski definition) is 2. The van der Waals surface area contributed by atoms with Crippen molar-refractivity contribution < 1.29 is 4.74 Å². The summed E-state index contributed by atoms with van der Waals surface area (Å²) in [5.41, 5.74) is 2.59. The number of rotatable bonds is 5. The van der Waals surface area contributed by atoms with Gasteiger partial charge in [-0.1, -0.05) is 13.0 Å². The van der Waals surface area contributed by atoms with Gasteiger partial charge in [0, 0.05) is 26.2 Å². The van der Waals surface area contributed by atoms with Gasteiger partial charge in [-0.25, -0.2) is 0 Å². The molecule has 4 heteroatoms. The minimum absolute atomic E-state index is 0.290. The first-order chi connectivity index (χ1) is 9.30. The third-order valence-electron chi connectivity index (χ3n) is 3.79. The van der Waals surface area contributed by atoms with E-state index in [9.17, 15) is 0 Å². The molecular formula is C15H25N3O. The summed E-state index contributed by atoms with van der Waals surface area (Å²) in [4.78, 5) is 2.48. The van der Waals surface area contributed by atoms with Gasteiger partial charge in [0.05, 0.1) is 13.3 Å². The maximum Gasteiger partial charge on any atom is 0.122 e. The maximum atomic E-state index is 5.41. The van der Waals surface area contributed by atoms with Crippen LogP contribution in [0.15, 0.2) is 18.2 Å². The smallest absolute Gasteiger partial charge is 0.122 e. The van der Waals surface area contributed by atoms with Crippen molar-refractivity contribution in [2.45, 2.75) is 19.5 Å². The van der Waals surface area contributed by atoms with Crippen LogP contribution in [0.5, 0.6) is 5.75 Å².